The van der Waals surface area contributed by atoms with Gasteiger partial charge in [-0.15, -0.1) is 0 Å². The van der Waals surface area contributed by atoms with Crippen LogP contribution in [-0.4, -0.2) is 26.5 Å². The highest BCUT2D eigenvalue weighted by atomic mass is 35.7. The van der Waals surface area contributed by atoms with Gasteiger partial charge in [-0.05, 0) is 0 Å². The molecule has 0 amide bonds. The van der Waals surface area contributed by atoms with Gasteiger partial charge < -0.3 is 4.84 Å². The van der Waals surface area contributed by atoms with Crippen LogP contribution in [0.4, 0.5) is 0 Å². The maximum Gasteiger partial charge on any atom is 0.238 e. The molecule has 6 heteroatoms. The van der Waals surface area contributed by atoms with Gasteiger partial charge in [0.25, 0.3) is 0 Å². The molecular formula is C4H6ClNO3S. The fraction of sp³-hybridized carbons (Fsp3) is 0.750. The minimum Gasteiger partial charge on any atom is -0.395 e. The lowest BCUT2D eigenvalue weighted by Crippen LogP contribution is -2.08. The van der Waals surface area contributed by atoms with Crippen molar-refractivity contribution in [3.05, 3.63) is 0 Å². The minimum atomic E-state index is -3.45. The van der Waals surface area contributed by atoms with E-state index in [2.05, 4.69) is 9.99 Å². The number of nitrogens with zero attached hydrogens (tertiary/aromatic N) is 1. The summed E-state index contributed by atoms with van der Waals surface area (Å²) in [4.78, 5) is 4.57. The first-order valence-electron chi connectivity index (χ1n) is 2.68. The monoisotopic (exact) mass is 183 g/mol. The first-order valence-corrected chi connectivity index (χ1v) is 5.16. The second-order valence-corrected chi connectivity index (χ2v) is 4.70. The van der Waals surface area contributed by atoms with Crippen molar-refractivity contribution >= 4 is 25.4 Å². The Morgan fingerprint density at radius 1 is 1.70 bits per heavy atom. The van der Waals surface area contributed by atoms with Crippen LogP contribution in [0.5, 0.6) is 0 Å². The Hall–Kier alpha value is -0.290. The highest BCUT2D eigenvalue weighted by Gasteiger charge is 2.15. The Morgan fingerprint density at radius 3 is 2.80 bits per heavy atom. The Morgan fingerprint density at radius 2 is 2.40 bits per heavy atom. The van der Waals surface area contributed by atoms with E-state index in [4.69, 9.17) is 10.7 Å². The molecule has 1 aliphatic rings. The molecule has 58 valence electrons. The standard InChI is InChI=1S/C4H6ClNO3S/c5-10(7,8)3-4-1-2-9-6-4/h1-3H2. The first kappa shape index (κ1) is 7.81. The maximum atomic E-state index is 10.4. The summed E-state index contributed by atoms with van der Waals surface area (Å²) in [7, 11) is 1.50. The van der Waals surface area contributed by atoms with Crippen LogP contribution < -0.4 is 0 Å². The fourth-order valence-electron chi connectivity index (χ4n) is 0.644. The van der Waals surface area contributed by atoms with Crippen molar-refractivity contribution in [2.24, 2.45) is 5.16 Å². The number of hydrogen-bond acceptors (Lipinski definition) is 4. The summed E-state index contributed by atoms with van der Waals surface area (Å²) < 4.78 is 20.8. The third-order valence-corrected chi connectivity index (χ3v) is 2.02. The summed E-state index contributed by atoms with van der Waals surface area (Å²) in [5, 5.41) is 3.47. The second-order valence-electron chi connectivity index (χ2n) is 1.92. The highest BCUT2D eigenvalue weighted by Crippen LogP contribution is 2.05. The molecule has 0 bridgehead atoms. The molecule has 0 aromatic heterocycles. The first-order chi connectivity index (χ1) is 4.58. The SMILES string of the molecule is O=S(=O)(Cl)CC1=NOCC1. The third-order valence-electron chi connectivity index (χ3n) is 1.01. The number of hydrogen-bond donors (Lipinski definition) is 0. The van der Waals surface area contributed by atoms with Crippen molar-refractivity contribution in [3.63, 3.8) is 0 Å². The van der Waals surface area contributed by atoms with Crippen molar-refractivity contribution < 1.29 is 13.3 Å². The second kappa shape index (κ2) is 2.75. The normalized spacial score (nSPS) is 18.3. The molecule has 0 unspecified atom stereocenters. The van der Waals surface area contributed by atoms with Crippen LogP contribution in [0.2, 0.25) is 0 Å². The summed E-state index contributed by atoms with van der Waals surface area (Å²) in [5.74, 6) is -0.200. The maximum absolute atomic E-state index is 10.4. The molecular weight excluding hydrogens is 178 g/mol. The molecule has 0 radical (unpaired) electrons. The fourth-order valence-corrected chi connectivity index (χ4v) is 1.62. The molecule has 0 saturated carbocycles. The Bertz CT molecular complexity index is 245. The van der Waals surface area contributed by atoms with Gasteiger partial charge in [0.1, 0.15) is 12.4 Å². The highest BCUT2D eigenvalue weighted by molar-refractivity contribution is 8.14. The van der Waals surface area contributed by atoms with Gasteiger partial charge in [-0.3, -0.25) is 0 Å². The quantitative estimate of drug-likeness (QED) is 0.580. The van der Waals surface area contributed by atoms with Crippen LogP contribution in [-0.2, 0) is 13.9 Å². The summed E-state index contributed by atoms with van der Waals surface area (Å²) in [6.45, 7) is 0.460. The molecule has 1 aliphatic heterocycles. The molecule has 0 spiro atoms. The largest absolute Gasteiger partial charge is 0.395 e. The van der Waals surface area contributed by atoms with E-state index in [1.165, 1.54) is 0 Å². The summed E-state index contributed by atoms with van der Waals surface area (Å²) in [6.07, 6.45) is 0.561. The van der Waals surface area contributed by atoms with E-state index >= 15 is 0 Å². The van der Waals surface area contributed by atoms with Gasteiger partial charge in [-0.2, -0.15) is 0 Å². The molecule has 0 fully saturated rings. The van der Waals surface area contributed by atoms with Crippen LogP contribution in [0.3, 0.4) is 0 Å². The molecule has 0 aromatic rings. The molecule has 0 atom stereocenters. The van der Waals surface area contributed by atoms with Crippen molar-refractivity contribution in [2.45, 2.75) is 6.42 Å². The average molecular weight is 184 g/mol. The lowest BCUT2D eigenvalue weighted by atomic mass is 10.3. The molecule has 0 saturated heterocycles. The number of halogens is 1. The third kappa shape index (κ3) is 2.53. The molecule has 0 aromatic carbocycles. The van der Waals surface area contributed by atoms with Gasteiger partial charge in [0.15, 0.2) is 0 Å². The van der Waals surface area contributed by atoms with Crippen LogP contribution in [0.1, 0.15) is 6.42 Å². The number of rotatable bonds is 2. The Balaban J connectivity index is 2.54. The molecule has 1 rings (SSSR count). The zero-order valence-corrected chi connectivity index (χ0v) is 6.65. The lowest BCUT2D eigenvalue weighted by Gasteiger charge is -1.89. The molecule has 0 aliphatic carbocycles. The van der Waals surface area contributed by atoms with E-state index in [0.717, 1.165) is 0 Å². The van der Waals surface area contributed by atoms with E-state index in [-0.39, 0.29) is 5.75 Å². The van der Waals surface area contributed by atoms with Crippen LogP contribution >= 0.6 is 10.7 Å². The van der Waals surface area contributed by atoms with E-state index in [1.54, 1.807) is 0 Å². The van der Waals surface area contributed by atoms with Crippen molar-refractivity contribution in [2.75, 3.05) is 12.4 Å². The molecule has 4 nitrogen and oxygen atoms in total. The van der Waals surface area contributed by atoms with Gasteiger partial charge in [-0.25, -0.2) is 8.42 Å². The predicted molar refractivity (Wildman–Crippen MR) is 37.6 cm³/mol. The smallest absolute Gasteiger partial charge is 0.238 e. The summed E-state index contributed by atoms with van der Waals surface area (Å²) in [5.41, 5.74) is 0.495. The Kier molecular flexibility index (Phi) is 2.15. The van der Waals surface area contributed by atoms with Crippen molar-refractivity contribution in [1.82, 2.24) is 0 Å². The van der Waals surface area contributed by atoms with Gasteiger partial charge >= 0.3 is 0 Å². The van der Waals surface area contributed by atoms with Crippen molar-refractivity contribution in [1.29, 1.82) is 0 Å². The van der Waals surface area contributed by atoms with Gasteiger partial charge in [0.2, 0.25) is 9.05 Å². The van der Waals surface area contributed by atoms with Crippen LogP contribution in [0.25, 0.3) is 0 Å². The summed E-state index contributed by atoms with van der Waals surface area (Å²) in [6, 6.07) is 0. The van der Waals surface area contributed by atoms with E-state index in [9.17, 15) is 8.42 Å². The summed E-state index contributed by atoms with van der Waals surface area (Å²) >= 11 is 0. The number of oxime groups is 1. The van der Waals surface area contributed by atoms with E-state index in [1.807, 2.05) is 0 Å². The van der Waals surface area contributed by atoms with Crippen LogP contribution in [0, 0.1) is 0 Å². The lowest BCUT2D eigenvalue weighted by molar-refractivity contribution is 0.173. The molecule has 10 heavy (non-hydrogen) atoms. The average Bonchev–Trinajstić information content (AvgIpc) is 2.12. The van der Waals surface area contributed by atoms with Crippen molar-refractivity contribution in [3.8, 4) is 0 Å². The van der Waals surface area contributed by atoms with Gasteiger partial charge in [0, 0.05) is 17.1 Å². The van der Waals surface area contributed by atoms with Gasteiger partial charge in [0.05, 0.1) is 5.71 Å². The van der Waals surface area contributed by atoms with E-state index < -0.39 is 9.05 Å². The minimum absolute atomic E-state index is 0.200. The zero-order valence-electron chi connectivity index (χ0n) is 5.08. The molecule has 1 heterocycles. The van der Waals surface area contributed by atoms with E-state index in [0.29, 0.717) is 18.7 Å². The Labute approximate surface area is 63.2 Å². The molecule has 0 N–H and O–H groups in total. The predicted octanol–water partition coefficient (Wildman–Crippen LogP) is 0.331. The van der Waals surface area contributed by atoms with Gasteiger partial charge in [-0.1, -0.05) is 5.16 Å². The van der Waals surface area contributed by atoms with Crippen LogP contribution in [0.15, 0.2) is 5.16 Å². The topological polar surface area (TPSA) is 55.7 Å². The zero-order chi connectivity index (χ0) is 7.61.